The molecule has 0 amide bonds. The molecule has 0 aliphatic carbocycles. The average Bonchev–Trinajstić information content (AvgIpc) is 2.72. The van der Waals surface area contributed by atoms with Gasteiger partial charge < -0.3 is 0 Å². The molecule has 0 bridgehead atoms. The van der Waals surface area contributed by atoms with Gasteiger partial charge in [0.15, 0.2) is 0 Å². The minimum absolute atomic E-state index is 0.265. The summed E-state index contributed by atoms with van der Waals surface area (Å²) in [7, 11) is 0. The molecule has 30 heavy (non-hydrogen) atoms. The Labute approximate surface area is 177 Å². The van der Waals surface area contributed by atoms with Crippen molar-refractivity contribution in [1.29, 1.82) is 0 Å². The Bertz CT molecular complexity index is 1100. The molecule has 0 atom stereocenters. The quantitative estimate of drug-likeness (QED) is 0.152. The summed E-state index contributed by atoms with van der Waals surface area (Å²) in [6.07, 6.45) is 1.57. The minimum atomic E-state index is -0.655. The number of non-ortho nitro benzene ring substituents is 1. The van der Waals surface area contributed by atoms with E-state index >= 15 is 0 Å². The zero-order valence-corrected chi connectivity index (χ0v) is 17.1. The van der Waals surface area contributed by atoms with Crippen molar-refractivity contribution in [3.63, 3.8) is 0 Å². The van der Waals surface area contributed by atoms with E-state index in [0.29, 0.717) is 0 Å². The van der Waals surface area contributed by atoms with Gasteiger partial charge in [-0.25, -0.2) is 4.99 Å². The Morgan fingerprint density at radius 2 is 1.47 bits per heavy atom. The van der Waals surface area contributed by atoms with E-state index in [4.69, 9.17) is 0 Å². The van der Waals surface area contributed by atoms with Crippen LogP contribution in [0, 0.1) is 34.1 Å². The molecule has 0 fully saturated rings. The summed E-state index contributed by atoms with van der Waals surface area (Å²) >= 11 is 1.07. The summed E-state index contributed by atoms with van der Waals surface area (Å²) in [6, 6.07) is 18.8. The molecule has 3 rings (SSSR count). The molecular weight excluding hydrogens is 404 g/mol. The monoisotopic (exact) mass is 422 g/mol. The van der Waals surface area contributed by atoms with Gasteiger partial charge >= 0.3 is 0 Å². The normalized spacial score (nSPS) is 10.9. The van der Waals surface area contributed by atoms with Crippen molar-refractivity contribution in [2.75, 3.05) is 4.31 Å². The van der Waals surface area contributed by atoms with E-state index in [1.807, 2.05) is 62.4 Å². The summed E-state index contributed by atoms with van der Waals surface area (Å²) < 4.78 is 1.69. The second kappa shape index (κ2) is 9.19. The number of nitrogens with zero attached hydrogens (tertiary/aromatic N) is 4. The second-order valence-electron chi connectivity index (χ2n) is 6.50. The number of hydrogen-bond acceptors (Lipinski definition) is 6. The molecule has 0 aromatic heterocycles. The third kappa shape index (κ3) is 5.21. The molecule has 9 heteroatoms. The van der Waals surface area contributed by atoms with Crippen molar-refractivity contribution >= 4 is 41.0 Å². The van der Waals surface area contributed by atoms with Gasteiger partial charge in [-0.2, -0.15) is 0 Å². The van der Waals surface area contributed by atoms with Crippen LogP contribution in [0.1, 0.15) is 11.1 Å². The summed E-state index contributed by atoms with van der Waals surface area (Å²) in [5.74, 6) is 0. The summed E-state index contributed by atoms with van der Waals surface area (Å²) in [5.41, 5.74) is 3.00. The highest BCUT2D eigenvalue weighted by Crippen LogP contribution is 2.36. The number of anilines is 1. The van der Waals surface area contributed by atoms with E-state index in [-0.39, 0.29) is 16.3 Å². The molecule has 0 spiro atoms. The molecule has 0 saturated heterocycles. The molecule has 0 unspecified atom stereocenters. The lowest BCUT2D eigenvalue weighted by molar-refractivity contribution is -0.396. The van der Waals surface area contributed by atoms with Crippen molar-refractivity contribution in [2.24, 2.45) is 4.99 Å². The first-order valence-corrected chi connectivity index (χ1v) is 9.68. The van der Waals surface area contributed by atoms with Crippen LogP contribution in [0.5, 0.6) is 0 Å². The van der Waals surface area contributed by atoms with Gasteiger partial charge in [0.1, 0.15) is 11.2 Å². The first kappa shape index (κ1) is 21.0. The van der Waals surface area contributed by atoms with Gasteiger partial charge in [0.25, 0.3) is 11.4 Å². The van der Waals surface area contributed by atoms with Crippen LogP contribution in [-0.4, -0.2) is 16.2 Å². The van der Waals surface area contributed by atoms with Gasteiger partial charge in [0.2, 0.25) is 0 Å². The lowest BCUT2D eigenvalue weighted by atomic mass is 10.2. The van der Waals surface area contributed by atoms with Gasteiger partial charge in [-0.1, -0.05) is 35.4 Å². The standard InChI is InChI=1S/C21H18N4O4S/c1-15-3-7-17(8-4-15)22-14-23(18-9-5-16(2)6-10-18)30-21-12-11-19(24(26)27)13-20(21)25(28)29/h3-14H,1-2H3. The predicted molar refractivity (Wildman–Crippen MR) is 119 cm³/mol. The third-order valence-corrected chi connectivity index (χ3v) is 5.22. The Morgan fingerprint density at radius 1 is 0.867 bits per heavy atom. The van der Waals surface area contributed by atoms with Crippen LogP contribution < -0.4 is 4.31 Å². The zero-order valence-electron chi connectivity index (χ0n) is 16.3. The number of benzene rings is 3. The fraction of sp³-hybridized carbons (Fsp3) is 0.0952. The lowest BCUT2D eigenvalue weighted by Crippen LogP contribution is -2.12. The van der Waals surface area contributed by atoms with E-state index in [9.17, 15) is 20.2 Å². The first-order valence-electron chi connectivity index (χ1n) is 8.91. The fourth-order valence-electron chi connectivity index (χ4n) is 2.53. The average molecular weight is 422 g/mol. The number of aryl methyl sites for hydroxylation is 2. The lowest BCUT2D eigenvalue weighted by Gasteiger charge is -2.18. The number of aliphatic imine (C=N–C) groups is 1. The van der Waals surface area contributed by atoms with Gasteiger partial charge in [-0.15, -0.1) is 0 Å². The topological polar surface area (TPSA) is 102 Å². The molecular formula is C21H18N4O4S. The highest BCUT2D eigenvalue weighted by Gasteiger charge is 2.22. The predicted octanol–water partition coefficient (Wildman–Crippen LogP) is 5.99. The fourth-order valence-corrected chi connectivity index (χ4v) is 3.42. The van der Waals surface area contributed by atoms with Crippen LogP contribution >= 0.6 is 11.9 Å². The molecule has 0 saturated carbocycles. The number of hydrogen-bond donors (Lipinski definition) is 0. The van der Waals surface area contributed by atoms with Gasteiger partial charge in [-0.05, 0) is 44.2 Å². The molecule has 0 heterocycles. The van der Waals surface area contributed by atoms with Crippen molar-refractivity contribution in [3.05, 3.63) is 98.1 Å². The number of nitro groups is 2. The SMILES string of the molecule is Cc1ccc(N=CN(Sc2ccc([N+](=O)[O-])cc2[N+](=O)[O-])c2ccc(C)cc2)cc1. The van der Waals surface area contributed by atoms with E-state index in [1.165, 1.54) is 12.1 Å². The molecule has 0 N–H and O–H groups in total. The maximum Gasteiger partial charge on any atom is 0.291 e. The van der Waals surface area contributed by atoms with Crippen LogP contribution in [0.3, 0.4) is 0 Å². The van der Waals surface area contributed by atoms with Crippen LogP contribution in [-0.2, 0) is 0 Å². The Morgan fingerprint density at radius 3 is 2.03 bits per heavy atom. The van der Waals surface area contributed by atoms with Gasteiger partial charge in [-0.3, -0.25) is 24.5 Å². The number of rotatable bonds is 7. The highest BCUT2D eigenvalue weighted by molar-refractivity contribution is 8.01. The first-order chi connectivity index (χ1) is 14.3. The van der Waals surface area contributed by atoms with Crippen LogP contribution in [0.4, 0.5) is 22.7 Å². The molecule has 8 nitrogen and oxygen atoms in total. The zero-order chi connectivity index (χ0) is 21.7. The van der Waals surface area contributed by atoms with Crippen molar-refractivity contribution < 1.29 is 9.85 Å². The maximum absolute atomic E-state index is 11.5. The van der Waals surface area contributed by atoms with Crippen LogP contribution in [0.25, 0.3) is 0 Å². The van der Waals surface area contributed by atoms with E-state index in [0.717, 1.165) is 40.5 Å². The van der Waals surface area contributed by atoms with Crippen LogP contribution in [0.2, 0.25) is 0 Å². The minimum Gasteiger partial charge on any atom is -0.270 e. The van der Waals surface area contributed by atoms with Crippen molar-refractivity contribution in [1.82, 2.24) is 0 Å². The van der Waals surface area contributed by atoms with Crippen molar-refractivity contribution in [3.8, 4) is 0 Å². The Hall–Kier alpha value is -3.72. The largest absolute Gasteiger partial charge is 0.291 e. The summed E-state index contributed by atoms with van der Waals surface area (Å²) in [4.78, 5) is 25.9. The number of nitro benzene ring substituents is 2. The Kier molecular flexibility index (Phi) is 6.43. The smallest absolute Gasteiger partial charge is 0.270 e. The van der Waals surface area contributed by atoms with E-state index < -0.39 is 9.85 Å². The maximum atomic E-state index is 11.5. The van der Waals surface area contributed by atoms with Crippen molar-refractivity contribution in [2.45, 2.75) is 18.7 Å². The molecule has 3 aromatic rings. The molecule has 152 valence electrons. The molecule has 0 aliphatic heterocycles. The molecule has 0 radical (unpaired) electrons. The summed E-state index contributed by atoms with van der Waals surface area (Å²) in [6.45, 7) is 3.94. The Balaban J connectivity index is 1.98. The molecule has 0 aliphatic rings. The third-order valence-electron chi connectivity index (χ3n) is 4.18. The summed E-state index contributed by atoms with van der Waals surface area (Å²) in [5, 5.41) is 22.5. The van der Waals surface area contributed by atoms with Gasteiger partial charge in [0, 0.05) is 18.0 Å². The van der Waals surface area contributed by atoms with Gasteiger partial charge in [0.05, 0.1) is 27.3 Å². The second-order valence-corrected chi connectivity index (χ2v) is 7.51. The van der Waals surface area contributed by atoms with E-state index in [2.05, 4.69) is 4.99 Å². The van der Waals surface area contributed by atoms with Crippen LogP contribution in [0.15, 0.2) is 76.6 Å². The van der Waals surface area contributed by atoms with E-state index in [1.54, 1.807) is 10.6 Å². The highest BCUT2D eigenvalue weighted by atomic mass is 32.2. The molecule has 3 aromatic carbocycles.